The van der Waals surface area contributed by atoms with E-state index in [0.29, 0.717) is 30.8 Å². The fourth-order valence-corrected chi connectivity index (χ4v) is 2.70. The van der Waals surface area contributed by atoms with Gasteiger partial charge in [0, 0.05) is 17.6 Å². The van der Waals surface area contributed by atoms with Crippen LogP contribution < -0.4 is 4.74 Å². The van der Waals surface area contributed by atoms with E-state index < -0.39 is 0 Å². The molecule has 0 aliphatic carbocycles. The molecular formula is C14H18BrNO3. The van der Waals surface area contributed by atoms with Crippen molar-refractivity contribution < 1.29 is 14.6 Å². The zero-order valence-corrected chi connectivity index (χ0v) is 12.7. The number of ether oxygens (including phenoxy) is 1. The van der Waals surface area contributed by atoms with E-state index >= 15 is 0 Å². The first-order chi connectivity index (χ1) is 9.02. The first-order valence-corrected chi connectivity index (χ1v) is 7.13. The van der Waals surface area contributed by atoms with Gasteiger partial charge in [0.25, 0.3) is 5.91 Å². The molecule has 5 heteroatoms. The fraction of sp³-hybridized carbons (Fsp3) is 0.500. The Balaban J connectivity index is 2.20. The molecule has 1 aromatic rings. The monoisotopic (exact) mass is 327 g/mol. The number of likely N-dealkylation sites (tertiary alicyclic amines) is 1. The molecule has 2 rings (SSSR count). The highest BCUT2D eigenvalue weighted by Crippen LogP contribution is 2.26. The minimum atomic E-state index is -0.308. The Kier molecular flexibility index (Phi) is 4.47. The van der Waals surface area contributed by atoms with Crippen LogP contribution in [0.3, 0.4) is 0 Å². The molecule has 1 saturated heterocycles. The smallest absolute Gasteiger partial charge is 0.255 e. The van der Waals surface area contributed by atoms with E-state index in [1.807, 2.05) is 19.1 Å². The second kappa shape index (κ2) is 5.92. The van der Waals surface area contributed by atoms with Gasteiger partial charge in [0.1, 0.15) is 5.75 Å². The summed E-state index contributed by atoms with van der Waals surface area (Å²) in [5.74, 6) is 0.753. The minimum Gasteiger partial charge on any atom is -0.497 e. The van der Waals surface area contributed by atoms with Gasteiger partial charge in [-0.15, -0.1) is 0 Å². The quantitative estimate of drug-likeness (QED) is 0.906. The standard InChI is InChI=1S/C14H18BrNO3/c1-9-8-16(6-5-13(9)17)14(18)11-7-10(19-2)3-4-12(11)15/h3-4,7,9,13,17H,5-6,8H2,1-2H3. The predicted octanol–water partition coefficient (Wildman–Crippen LogP) is 2.30. The first kappa shape index (κ1) is 14.3. The van der Waals surface area contributed by atoms with E-state index in [9.17, 15) is 9.90 Å². The molecule has 4 nitrogen and oxygen atoms in total. The molecule has 1 aliphatic rings. The second-order valence-corrected chi connectivity index (χ2v) is 5.78. The summed E-state index contributed by atoms with van der Waals surface area (Å²) in [6.07, 6.45) is 0.326. The summed E-state index contributed by atoms with van der Waals surface area (Å²) in [5.41, 5.74) is 0.600. The number of rotatable bonds is 2. The molecule has 19 heavy (non-hydrogen) atoms. The molecule has 1 heterocycles. The van der Waals surface area contributed by atoms with E-state index in [4.69, 9.17) is 4.74 Å². The molecule has 1 N–H and O–H groups in total. The van der Waals surface area contributed by atoms with Crippen LogP contribution in [0.15, 0.2) is 22.7 Å². The van der Waals surface area contributed by atoms with Crippen LogP contribution in [-0.4, -0.2) is 42.2 Å². The van der Waals surface area contributed by atoms with Crippen LogP contribution in [0.25, 0.3) is 0 Å². The average molecular weight is 328 g/mol. The molecule has 0 aromatic heterocycles. The van der Waals surface area contributed by atoms with Gasteiger partial charge in [-0.25, -0.2) is 0 Å². The van der Waals surface area contributed by atoms with E-state index in [0.717, 1.165) is 4.47 Å². The Labute approximate surface area is 121 Å². The van der Waals surface area contributed by atoms with E-state index in [1.165, 1.54) is 0 Å². The molecule has 1 aliphatic heterocycles. The average Bonchev–Trinajstić information content (AvgIpc) is 2.41. The third kappa shape index (κ3) is 3.09. The Morgan fingerprint density at radius 2 is 2.26 bits per heavy atom. The highest BCUT2D eigenvalue weighted by molar-refractivity contribution is 9.10. The van der Waals surface area contributed by atoms with E-state index in [2.05, 4.69) is 15.9 Å². The highest BCUT2D eigenvalue weighted by Gasteiger charge is 2.28. The lowest BCUT2D eigenvalue weighted by Crippen LogP contribution is -2.45. The summed E-state index contributed by atoms with van der Waals surface area (Å²) in [6, 6.07) is 5.36. The van der Waals surface area contributed by atoms with Gasteiger partial charge in [0.15, 0.2) is 0 Å². The SMILES string of the molecule is COc1ccc(Br)c(C(=O)N2CCC(O)C(C)C2)c1. The van der Waals surface area contributed by atoms with Crippen molar-refractivity contribution in [2.75, 3.05) is 20.2 Å². The lowest BCUT2D eigenvalue weighted by molar-refractivity contribution is 0.0297. The summed E-state index contributed by atoms with van der Waals surface area (Å²) in [7, 11) is 1.58. The van der Waals surface area contributed by atoms with Gasteiger partial charge in [-0.1, -0.05) is 6.92 Å². The Bertz CT molecular complexity index is 478. The molecule has 0 spiro atoms. The van der Waals surface area contributed by atoms with Crippen molar-refractivity contribution in [1.82, 2.24) is 4.90 Å². The molecule has 0 radical (unpaired) electrons. The number of methoxy groups -OCH3 is 1. The number of piperidine rings is 1. The third-order valence-corrected chi connectivity index (χ3v) is 4.24. The number of amides is 1. The summed E-state index contributed by atoms with van der Waals surface area (Å²) in [4.78, 5) is 14.3. The second-order valence-electron chi connectivity index (χ2n) is 4.93. The highest BCUT2D eigenvalue weighted by atomic mass is 79.9. The number of halogens is 1. The topological polar surface area (TPSA) is 49.8 Å². The maximum atomic E-state index is 12.5. The van der Waals surface area contributed by atoms with Crippen molar-refractivity contribution in [3.63, 3.8) is 0 Å². The number of nitrogens with zero attached hydrogens (tertiary/aromatic N) is 1. The van der Waals surface area contributed by atoms with Crippen LogP contribution in [0.2, 0.25) is 0 Å². The van der Waals surface area contributed by atoms with Crippen LogP contribution in [0.4, 0.5) is 0 Å². The van der Waals surface area contributed by atoms with Gasteiger partial charge in [0.2, 0.25) is 0 Å². The van der Waals surface area contributed by atoms with Gasteiger partial charge < -0.3 is 14.7 Å². The van der Waals surface area contributed by atoms with Gasteiger partial charge in [-0.05, 0) is 46.5 Å². The lowest BCUT2D eigenvalue weighted by atomic mass is 9.96. The molecule has 1 aromatic carbocycles. The maximum absolute atomic E-state index is 12.5. The van der Waals surface area contributed by atoms with Crippen molar-refractivity contribution in [2.24, 2.45) is 5.92 Å². The molecular weight excluding hydrogens is 310 g/mol. The molecule has 2 atom stereocenters. The van der Waals surface area contributed by atoms with Crippen LogP contribution in [0.1, 0.15) is 23.7 Å². The summed E-state index contributed by atoms with van der Waals surface area (Å²) < 4.78 is 5.92. The van der Waals surface area contributed by atoms with Crippen molar-refractivity contribution in [2.45, 2.75) is 19.4 Å². The maximum Gasteiger partial charge on any atom is 0.255 e. The number of hydrogen-bond acceptors (Lipinski definition) is 3. The molecule has 0 bridgehead atoms. The van der Waals surface area contributed by atoms with Crippen LogP contribution in [-0.2, 0) is 0 Å². The zero-order chi connectivity index (χ0) is 14.0. The normalized spacial score (nSPS) is 23.3. The Morgan fingerprint density at radius 1 is 1.53 bits per heavy atom. The zero-order valence-electron chi connectivity index (χ0n) is 11.1. The van der Waals surface area contributed by atoms with Crippen LogP contribution >= 0.6 is 15.9 Å². The van der Waals surface area contributed by atoms with Gasteiger partial charge in [-0.3, -0.25) is 4.79 Å². The summed E-state index contributed by atoms with van der Waals surface area (Å²) >= 11 is 3.40. The van der Waals surface area contributed by atoms with Crippen molar-refractivity contribution in [3.8, 4) is 5.75 Å². The van der Waals surface area contributed by atoms with Gasteiger partial charge in [0.05, 0.1) is 18.8 Å². The molecule has 2 unspecified atom stereocenters. The van der Waals surface area contributed by atoms with Crippen molar-refractivity contribution in [3.05, 3.63) is 28.2 Å². The van der Waals surface area contributed by atoms with E-state index in [-0.39, 0.29) is 17.9 Å². The van der Waals surface area contributed by atoms with Crippen molar-refractivity contribution >= 4 is 21.8 Å². The number of carbonyl (C=O) groups is 1. The van der Waals surface area contributed by atoms with Gasteiger partial charge in [-0.2, -0.15) is 0 Å². The van der Waals surface area contributed by atoms with Gasteiger partial charge >= 0.3 is 0 Å². The Hall–Kier alpha value is -1.07. The van der Waals surface area contributed by atoms with Crippen LogP contribution in [0, 0.1) is 5.92 Å². The molecule has 1 amide bonds. The molecule has 104 valence electrons. The number of aliphatic hydroxyl groups excluding tert-OH is 1. The van der Waals surface area contributed by atoms with E-state index in [1.54, 1.807) is 18.1 Å². The van der Waals surface area contributed by atoms with Crippen LogP contribution in [0.5, 0.6) is 5.75 Å². The Morgan fingerprint density at radius 3 is 2.89 bits per heavy atom. The largest absolute Gasteiger partial charge is 0.497 e. The predicted molar refractivity (Wildman–Crippen MR) is 76.4 cm³/mol. The third-order valence-electron chi connectivity index (χ3n) is 3.55. The molecule has 1 fully saturated rings. The summed E-state index contributed by atoms with van der Waals surface area (Å²) in [5, 5.41) is 9.72. The van der Waals surface area contributed by atoms with Crippen molar-refractivity contribution in [1.29, 1.82) is 0 Å². The molecule has 0 saturated carbocycles. The number of hydrogen-bond donors (Lipinski definition) is 1. The lowest BCUT2D eigenvalue weighted by Gasteiger charge is -2.34. The fourth-order valence-electron chi connectivity index (χ4n) is 2.28. The number of aliphatic hydroxyl groups is 1. The first-order valence-electron chi connectivity index (χ1n) is 6.33. The summed E-state index contributed by atoms with van der Waals surface area (Å²) in [6.45, 7) is 3.14. The minimum absolute atomic E-state index is 0.0236. The number of carbonyl (C=O) groups excluding carboxylic acids is 1. The number of benzene rings is 1.